The van der Waals surface area contributed by atoms with Gasteiger partial charge in [-0.25, -0.2) is 14.6 Å². The number of aryl methyl sites for hydroxylation is 1. The van der Waals surface area contributed by atoms with Crippen LogP contribution in [-0.4, -0.2) is 76.5 Å². The molecule has 0 radical (unpaired) electrons. The van der Waals surface area contributed by atoms with E-state index in [9.17, 15) is 34.5 Å². The highest BCUT2D eigenvalue weighted by molar-refractivity contribution is 5.90. The van der Waals surface area contributed by atoms with E-state index in [1.54, 1.807) is 19.9 Å². The van der Waals surface area contributed by atoms with Crippen LogP contribution in [0.15, 0.2) is 15.7 Å². The van der Waals surface area contributed by atoms with Crippen molar-refractivity contribution in [3.05, 3.63) is 38.0 Å². The van der Waals surface area contributed by atoms with Gasteiger partial charge in [-0.1, -0.05) is 4.73 Å². The first kappa shape index (κ1) is 24.4. The monoisotopic (exact) mass is 490 g/mol. The summed E-state index contributed by atoms with van der Waals surface area (Å²) in [5.41, 5.74) is -1.50. The second-order valence-electron chi connectivity index (χ2n) is 8.15. The normalized spacial score (nSPS) is 16.7. The van der Waals surface area contributed by atoms with E-state index in [2.05, 4.69) is 9.97 Å². The number of rotatable bonds is 5. The van der Waals surface area contributed by atoms with Gasteiger partial charge in [0.05, 0.1) is 31.5 Å². The van der Waals surface area contributed by atoms with Gasteiger partial charge in [0.25, 0.3) is 0 Å². The minimum atomic E-state index is -1.80. The van der Waals surface area contributed by atoms with E-state index in [4.69, 9.17) is 14.7 Å². The molecule has 4 N–H and O–H groups in total. The van der Waals surface area contributed by atoms with E-state index in [0.717, 1.165) is 0 Å². The average molecular weight is 490 g/mol. The third-order valence-electron chi connectivity index (χ3n) is 5.77. The number of hydrogen-bond donors (Lipinski definition) is 4. The fourth-order valence-electron chi connectivity index (χ4n) is 3.71. The quantitative estimate of drug-likeness (QED) is 0.165. The molecule has 14 heteroatoms. The third kappa shape index (κ3) is 4.27. The summed E-state index contributed by atoms with van der Waals surface area (Å²) in [6, 6.07) is 1.60. The maximum absolute atomic E-state index is 13.1. The summed E-state index contributed by atoms with van der Waals surface area (Å²) in [6.45, 7) is 2.01. The minimum absolute atomic E-state index is 0.00262. The lowest BCUT2D eigenvalue weighted by Crippen LogP contribution is -2.45. The predicted octanol–water partition coefficient (Wildman–Crippen LogP) is -2.60. The van der Waals surface area contributed by atoms with E-state index in [1.165, 1.54) is 4.57 Å². The Bertz CT molecular complexity index is 1430. The van der Waals surface area contributed by atoms with E-state index in [0.29, 0.717) is 11.1 Å². The van der Waals surface area contributed by atoms with Gasteiger partial charge >= 0.3 is 23.2 Å². The van der Waals surface area contributed by atoms with Crippen molar-refractivity contribution in [2.75, 3.05) is 6.61 Å². The highest BCUT2D eigenvalue weighted by atomic mass is 16.7. The number of fused-ring (bicyclic) bond motifs is 1. The lowest BCUT2D eigenvalue weighted by atomic mass is 10.0. The van der Waals surface area contributed by atoms with Crippen LogP contribution < -0.4 is 20.8 Å². The van der Waals surface area contributed by atoms with E-state index in [1.807, 2.05) is 0 Å². The van der Waals surface area contributed by atoms with Crippen molar-refractivity contribution in [1.82, 2.24) is 19.3 Å². The molecule has 1 aromatic rings. The van der Waals surface area contributed by atoms with Crippen molar-refractivity contribution in [3.8, 4) is 17.3 Å². The number of hydrogen-bond acceptors (Lipinski definition) is 12. The number of esters is 1. The Morgan fingerprint density at radius 2 is 1.71 bits per heavy atom. The molecule has 35 heavy (non-hydrogen) atoms. The number of ether oxygens (including phenoxy) is 1. The molecule has 3 unspecified atom stereocenters. The lowest BCUT2D eigenvalue weighted by Gasteiger charge is -2.26. The van der Waals surface area contributed by atoms with Crippen LogP contribution in [-0.2, 0) is 16.1 Å². The zero-order valence-corrected chi connectivity index (χ0v) is 18.7. The molecule has 3 bridgehead atoms. The van der Waals surface area contributed by atoms with Gasteiger partial charge in [-0.2, -0.15) is 4.98 Å². The van der Waals surface area contributed by atoms with Gasteiger partial charge in [-0.3, -0.25) is 9.59 Å². The molecule has 0 saturated carbocycles. The maximum Gasteiger partial charge on any atom is 0.386 e. The molecule has 14 nitrogen and oxygen atoms in total. The Morgan fingerprint density at radius 1 is 1.03 bits per heavy atom. The Labute approximate surface area is 195 Å². The van der Waals surface area contributed by atoms with Crippen LogP contribution in [0, 0.1) is 13.8 Å². The maximum atomic E-state index is 13.1. The van der Waals surface area contributed by atoms with Crippen LogP contribution >= 0.6 is 0 Å². The highest BCUT2D eigenvalue weighted by Gasteiger charge is 2.31. The molecule has 186 valence electrons. The van der Waals surface area contributed by atoms with Crippen molar-refractivity contribution in [1.29, 1.82) is 0 Å². The van der Waals surface area contributed by atoms with Crippen LogP contribution in [0.3, 0.4) is 0 Å². The van der Waals surface area contributed by atoms with Crippen LogP contribution in [0.4, 0.5) is 0 Å². The fraction of sp³-hybridized carbons (Fsp3) is 0.429. The van der Waals surface area contributed by atoms with Gasteiger partial charge in [0.1, 0.15) is 23.8 Å². The number of nitrogens with zero attached hydrogens (tertiary/aromatic N) is 4. The molecule has 0 aliphatic carbocycles. The van der Waals surface area contributed by atoms with E-state index in [-0.39, 0.29) is 27.3 Å². The van der Waals surface area contributed by atoms with Crippen LogP contribution in [0.5, 0.6) is 5.75 Å². The first-order chi connectivity index (χ1) is 16.5. The van der Waals surface area contributed by atoms with Crippen LogP contribution in [0.25, 0.3) is 22.6 Å². The second-order valence-corrected chi connectivity index (χ2v) is 8.15. The second kappa shape index (κ2) is 9.14. The Balaban J connectivity index is 2.10. The Hall–Kier alpha value is -3.72. The number of carbonyl (C=O) groups excluding carboxylic acids is 2. The van der Waals surface area contributed by atoms with E-state index >= 15 is 0 Å². The lowest BCUT2D eigenvalue weighted by molar-refractivity contribution is -0.148. The Morgan fingerprint density at radius 3 is 2.40 bits per heavy atom. The zero-order valence-electron chi connectivity index (χ0n) is 18.7. The summed E-state index contributed by atoms with van der Waals surface area (Å²) < 4.78 is 6.81. The SMILES string of the molecule is Cc1cc2c3nc4c(=O)n(c(=O)nc-4n2CC(O)C(O)C(O)CO)OC(=O)CCC(=O)Oc3c1C. The molecule has 0 aromatic heterocycles. The molecule has 3 atom stereocenters. The molecule has 0 fully saturated rings. The van der Waals surface area contributed by atoms with E-state index < -0.39 is 73.2 Å². The summed E-state index contributed by atoms with van der Waals surface area (Å²) in [5.74, 6) is -2.15. The summed E-state index contributed by atoms with van der Waals surface area (Å²) in [5, 5.41) is 39.5. The number of aromatic nitrogens is 4. The smallest absolute Gasteiger partial charge is 0.386 e. The molecule has 3 aliphatic rings. The van der Waals surface area contributed by atoms with Gasteiger partial charge in [0.15, 0.2) is 17.3 Å². The molecule has 1 aromatic carbocycles. The molecular weight excluding hydrogens is 468 g/mol. The molecule has 4 rings (SSSR count). The summed E-state index contributed by atoms with van der Waals surface area (Å²) in [7, 11) is 0. The predicted molar refractivity (Wildman–Crippen MR) is 116 cm³/mol. The van der Waals surface area contributed by atoms with Crippen molar-refractivity contribution in [2.45, 2.75) is 51.5 Å². The fourth-order valence-corrected chi connectivity index (χ4v) is 3.71. The number of carbonyl (C=O) groups is 2. The standard InChI is InChI=1S/C21H22N4O10/c1-8-5-10-15-18(9(8)2)34-13(29)3-4-14(30)35-25-20(32)16(22-15)19(23-21(25)33)24(10)6-11(27)17(31)12(28)7-26/h5,11-12,17,26-28,31H,3-4,6-7H2,1-2H3. The molecule has 3 aliphatic heterocycles. The molecule has 0 saturated heterocycles. The van der Waals surface area contributed by atoms with Crippen LogP contribution in [0.2, 0.25) is 0 Å². The number of benzene rings is 1. The van der Waals surface area contributed by atoms with Crippen molar-refractivity contribution < 1.29 is 39.6 Å². The Kier molecular flexibility index (Phi) is 6.38. The topological polar surface area (TPSA) is 203 Å². The van der Waals surface area contributed by atoms with Gasteiger partial charge in [0.2, 0.25) is 0 Å². The van der Waals surface area contributed by atoms with Crippen molar-refractivity contribution >= 4 is 23.0 Å². The van der Waals surface area contributed by atoms with Gasteiger partial charge in [-0.15, -0.1) is 0 Å². The highest BCUT2D eigenvalue weighted by Crippen LogP contribution is 2.34. The number of aliphatic hydroxyl groups is 4. The summed E-state index contributed by atoms with van der Waals surface area (Å²) in [4.78, 5) is 63.1. The molecule has 0 spiro atoms. The summed E-state index contributed by atoms with van der Waals surface area (Å²) in [6.07, 6.45) is -6.04. The third-order valence-corrected chi connectivity index (χ3v) is 5.77. The molecule has 0 amide bonds. The van der Waals surface area contributed by atoms with Crippen molar-refractivity contribution in [3.63, 3.8) is 0 Å². The number of aliphatic hydroxyl groups excluding tert-OH is 4. The molecule has 3 heterocycles. The first-order valence-electron chi connectivity index (χ1n) is 10.6. The average Bonchev–Trinajstić information content (AvgIpc) is 2.82. The summed E-state index contributed by atoms with van der Waals surface area (Å²) >= 11 is 0. The zero-order chi connectivity index (χ0) is 25.6. The van der Waals surface area contributed by atoms with Gasteiger partial charge < -0.3 is 34.6 Å². The largest absolute Gasteiger partial charge is 0.424 e. The van der Waals surface area contributed by atoms with Crippen LogP contribution in [0.1, 0.15) is 24.0 Å². The van der Waals surface area contributed by atoms with Gasteiger partial charge in [0, 0.05) is 0 Å². The molecular formula is C21H22N4O10. The van der Waals surface area contributed by atoms with Crippen molar-refractivity contribution in [2.24, 2.45) is 0 Å². The van der Waals surface area contributed by atoms with Gasteiger partial charge in [-0.05, 0) is 31.0 Å². The minimum Gasteiger partial charge on any atom is -0.424 e. The first-order valence-corrected chi connectivity index (χ1v) is 10.6.